The van der Waals surface area contributed by atoms with Crippen LogP contribution in [0.4, 0.5) is 39.5 Å². The molecule has 1 aliphatic rings. The van der Waals surface area contributed by atoms with Gasteiger partial charge in [0, 0.05) is 32.7 Å². The van der Waals surface area contributed by atoms with Crippen LogP contribution in [0.2, 0.25) is 0 Å². The molecule has 17 heteroatoms. The van der Waals surface area contributed by atoms with Gasteiger partial charge in [-0.15, -0.1) is 5.11 Å². The molecular formula is C30H29F9N6O2. The first-order chi connectivity index (χ1) is 21.8. The summed E-state index contributed by atoms with van der Waals surface area (Å²) in [5, 5.41) is 10.6. The number of primary amides is 1. The number of alkyl halides is 9. The second-order valence-electron chi connectivity index (χ2n) is 10.7. The van der Waals surface area contributed by atoms with Crippen molar-refractivity contribution < 1.29 is 49.0 Å². The van der Waals surface area contributed by atoms with E-state index in [0.717, 1.165) is 12.1 Å². The Kier molecular flexibility index (Phi) is 10.1. The zero-order chi connectivity index (χ0) is 34.9. The van der Waals surface area contributed by atoms with Crippen molar-refractivity contribution in [2.45, 2.75) is 57.4 Å². The zero-order valence-corrected chi connectivity index (χ0v) is 25.1. The maximum absolute atomic E-state index is 13.9. The molecule has 47 heavy (non-hydrogen) atoms. The summed E-state index contributed by atoms with van der Waals surface area (Å²) in [4.78, 5) is 12.7. The summed E-state index contributed by atoms with van der Waals surface area (Å²) in [6.07, 6.45) is -16.7. The third-order valence-corrected chi connectivity index (χ3v) is 7.41. The fourth-order valence-electron chi connectivity index (χ4n) is 4.96. The number of ether oxygens (including phenoxy) is 1. The highest BCUT2D eigenvalue weighted by molar-refractivity contribution is 5.92. The van der Waals surface area contributed by atoms with Gasteiger partial charge in [0.05, 0.1) is 16.7 Å². The van der Waals surface area contributed by atoms with Gasteiger partial charge < -0.3 is 10.5 Å². The Bertz CT molecular complexity index is 1580. The first-order valence-electron chi connectivity index (χ1n) is 13.9. The first-order valence-corrected chi connectivity index (χ1v) is 13.9. The van der Waals surface area contributed by atoms with Crippen LogP contribution < -0.4 is 10.5 Å². The minimum Gasteiger partial charge on any atom is -0.486 e. The van der Waals surface area contributed by atoms with Gasteiger partial charge >= 0.3 is 18.5 Å². The summed E-state index contributed by atoms with van der Waals surface area (Å²) in [5.74, 6) is -0.421. The fourth-order valence-corrected chi connectivity index (χ4v) is 4.96. The van der Waals surface area contributed by atoms with E-state index in [2.05, 4.69) is 10.3 Å². The maximum atomic E-state index is 13.9. The highest BCUT2D eigenvalue weighted by Crippen LogP contribution is 2.38. The molecule has 2 unspecified atom stereocenters. The summed E-state index contributed by atoms with van der Waals surface area (Å²) < 4.78 is 130. The van der Waals surface area contributed by atoms with Crippen LogP contribution in [0.15, 0.2) is 71.0 Å². The van der Waals surface area contributed by atoms with Crippen molar-refractivity contribution in [3.05, 3.63) is 99.6 Å². The Morgan fingerprint density at radius 2 is 1.43 bits per heavy atom. The van der Waals surface area contributed by atoms with Gasteiger partial charge in [0.1, 0.15) is 11.9 Å². The number of benzene rings is 3. The highest BCUT2D eigenvalue weighted by atomic mass is 19.4. The average molecular weight is 677 g/mol. The molecule has 4 rings (SSSR count). The standard InChI is InChI=1S/C30H29F9N6O2/c1-4-25(47-23-8-5-18(6-9-23)26(40)46)24-10-7-20(28(31,32)33)13-19(24)16-45(27-41-42-44(3)43(27)2)15-17-11-21(29(34,35)36)14-22(12-17)30(37,38)39/h5-14,25,27H,4,15-16H2,1-3H3,(H2,40,46). The van der Waals surface area contributed by atoms with E-state index in [9.17, 15) is 44.3 Å². The predicted molar refractivity (Wildman–Crippen MR) is 150 cm³/mol. The minimum absolute atomic E-state index is 0.00686. The van der Waals surface area contributed by atoms with Gasteiger partial charge in [0.15, 0.2) is 6.29 Å². The molecule has 0 aliphatic carbocycles. The second kappa shape index (κ2) is 13.4. The largest absolute Gasteiger partial charge is 0.486 e. The van der Waals surface area contributed by atoms with E-state index in [-0.39, 0.29) is 34.9 Å². The predicted octanol–water partition coefficient (Wildman–Crippen LogP) is 7.82. The van der Waals surface area contributed by atoms with Gasteiger partial charge in [-0.05, 0) is 77.7 Å². The van der Waals surface area contributed by atoms with Crippen LogP contribution >= 0.6 is 0 Å². The third kappa shape index (κ3) is 8.51. The molecule has 2 atom stereocenters. The molecule has 3 aromatic carbocycles. The lowest BCUT2D eigenvalue weighted by atomic mass is 9.96. The van der Waals surface area contributed by atoms with Gasteiger partial charge in [-0.1, -0.05) is 18.2 Å². The zero-order valence-electron chi connectivity index (χ0n) is 25.1. The SMILES string of the molecule is CCC(Oc1ccc(C(N)=O)cc1)c1ccc(C(F)(F)F)cc1CN(Cc1cc(C(F)(F)F)cc(C(F)(F)F)c1)C1N=NN(C)N1C. The summed E-state index contributed by atoms with van der Waals surface area (Å²) in [6.45, 7) is 0.701. The van der Waals surface area contributed by atoms with Crippen molar-refractivity contribution in [1.82, 2.24) is 15.0 Å². The first kappa shape index (κ1) is 35.5. The van der Waals surface area contributed by atoms with E-state index < -0.39 is 72.2 Å². The molecular weight excluding hydrogens is 647 g/mol. The molecule has 0 saturated carbocycles. The molecule has 0 radical (unpaired) electrons. The van der Waals surface area contributed by atoms with E-state index in [1.165, 1.54) is 59.5 Å². The van der Waals surface area contributed by atoms with Crippen LogP contribution in [0.25, 0.3) is 0 Å². The van der Waals surface area contributed by atoms with Crippen LogP contribution in [0, 0.1) is 0 Å². The van der Waals surface area contributed by atoms with Crippen molar-refractivity contribution in [1.29, 1.82) is 0 Å². The van der Waals surface area contributed by atoms with Gasteiger partial charge in [-0.2, -0.15) is 44.5 Å². The van der Waals surface area contributed by atoms with Gasteiger partial charge in [-0.25, -0.2) is 5.12 Å². The summed E-state index contributed by atoms with van der Waals surface area (Å²) in [6, 6.07) is 9.73. The van der Waals surface area contributed by atoms with Crippen molar-refractivity contribution in [3.63, 3.8) is 0 Å². The van der Waals surface area contributed by atoms with Crippen molar-refractivity contribution in [2.75, 3.05) is 14.1 Å². The number of halogens is 9. The van der Waals surface area contributed by atoms with Crippen molar-refractivity contribution >= 4 is 5.91 Å². The van der Waals surface area contributed by atoms with E-state index in [1.807, 2.05) is 0 Å². The summed E-state index contributed by atoms with van der Waals surface area (Å²) in [7, 11) is 2.97. The molecule has 0 fully saturated rings. The Morgan fingerprint density at radius 3 is 1.89 bits per heavy atom. The van der Waals surface area contributed by atoms with Gasteiger partial charge in [0.25, 0.3) is 0 Å². The quantitative estimate of drug-likeness (QED) is 0.222. The topological polar surface area (TPSA) is 86.8 Å². The smallest absolute Gasteiger partial charge is 0.416 e. The summed E-state index contributed by atoms with van der Waals surface area (Å²) in [5.41, 5.74) is 1.25. The van der Waals surface area contributed by atoms with Crippen LogP contribution in [0.1, 0.15) is 63.2 Å². The lowest BCUT2D eigenvalue weighted by molar-refractivity contribution is -0.143. The molecule has 8 nitrogen and oxygen atoms in total. The van der Waals surface area contributed by atoms with Crippen LogP contribution in [-0.2, 0) is 31.6 Å². The lowest BCUT2D eigenvalue weighted by Crippen LogP contribution is -2.46. The molecule has 1 heterocycles. The monoisotopic (exact) mass is 676 g/mol. The number of nitrogens with two attached hydrogens (primary N) is 1. The molecule has 1 aliphatic heterocycles. The third-order valence-electron chi connectivity index (χ3n) is 7.41. The number of carbonyl (C=O) groups excluding carboxylic acids is 1. The normalized spacial score (nSPS) is 16.6. The number of hydrazine groups is 1. The number of hydrogen-bond donors (Lipinski definition) is 1. The minimum atomic E-state index is -5.11. The molecule has 254 valence electrons. The van der Waals surface area contributed by atoms with Crippen molar-refractivity contribution in [3.8, 4) is 5.75 Å². The Morgan fingerprint density at radius 1 is 0.851 bits per heavy atom. The summed E-state index contributed by atoms with van der Waals surface area (Å²) >= 11 is 0. The number of hydrogen-bond acceptors (Lipinski definition) is 7. The number of carbonyl (C=O) groups is 1. The van der Waals surface area contributed by atoms with Crippen LogP contribution in [-0.4, -0.2) is 41.3 Å². The molecule has 0 bridgehead atoms. The molecule has 3 aromatic rings. The molecule has 1 amide bonds. The van der Waals surface area contributed by atoms with Gasteiger partial charge in [-0.3, -0.25) is 9.69 Å². The molecule has 0 saturated heterocycles. The Labute approximate surface area is 263 Å². The Hall–Kier alpha value is -4.38. The lowest BCUT2D eigenvalue weighted by Gasteiger charge is -2.33. The van der Waals surface area contributed by atoms with E-state index >= 15 is 0 Å². The second-order valence-corrected chi connectivity index (χ2v) is 10.7. The molecule has 0 aromatic heterocycles. The molecule has 2 N–H and O–H groups in total. The van der Waals surface area contributed by atoms with Crippen LogP contribution in [0.3, 0.4) is 0 Å². The maximum Gasteiger partial charge on any atom is 0.416 e. The average Bonchev–Trinajstić information content (AvgIpc) is 3.31. The van der Waals surface area contributed by atoms with E-state index in [0.29, 0.717) is 12.1 Å². The highest BCUT2D eigenvalue weighted by Gasteiger charge is 2.38. The van der Waals surface area contributed by atoms with Gasteiger partial charge in [0.2, 0.25) is 5.91 Å². The Balaban J connectivity index is 1.80. The number of rotatable bonds is 10. The number of nitrogens with zero attached hydrogens (tertiary/aromatic N) is 5. The number of amides is 1. The molecule has 0 spiro atoms. The van der Waals surface area contributed by atoms with Crippen molar-refractivity contribution in [2.24, 2.45) is 16.1 Å². The van der Waals surface area contributed by atoms with E-state index in [1.54, 1.807) is 6.92 Å². The fraction of sp³-hybridized carbons (Fsp3) is 0.367. The van der Waals surface area contributed by atoms with E-state index in [4.69, 9.17) is 10.5 Å². The van der Waals surface area contributed by atoms with Crippen LogP contribution in [0.5, 0.6) is 5.75 Å².